The summed E-state index contributed by atoms with van der Waals surface area (Å²) in [5.74, 6) is -0.554. The van der Waals surface area contributed by atoms with Crippen molar-refractivity contribution >= 4 is 11.5 Å². The van der Waals surface area contributed by atoms with Gasteiger partial charge in [-0.15, -0.1) is 0 Å². The summed E-state index contributed by atoms with van der Waals surface area (Å²) >= 11 is 0. The molecule has 0 fully saturated rings. The Morgan fingerprint density at radius 2 is 1.71 bits per heavy atom. The van der Waals surface area contributed by atoms with E-state index in [-0.39, 0.29) is 17.7 Å². The van der Waals surface area contributed by atoms with Crippen LogP contribution in [0.15, 0.2) is 118 Å². The zero-order valence-corrected chi connectivity index (χ0v) is 23.8. The number of allylic oxidation sites excluding steroid dienone is 2. The normalized spacial score (nSPS) is 13.4. The number of nitrogens with zero attached hydrogens (tertiary/aromatic N) is 3. The molecule has 5 rings (SSSR count). The highest BCUT2D eigenvalue weighted by atomic mass is 19.1. The lowest BCUT2D eigenvalue weighted by molar-refractivity contribution is 0.103. The molecule has 4 aromatic rings. The Morgan fingerprint density at radius 3 is 2.38 bits per heavy atom. The summed E-state index contributed by atoms with van der Waals surface area (Å²) < 4.78 is 21.6. The quantitative estimate of drug-likeness (QED) is 0.199. The van der Waals surface area contributed by atoms with E-state index >= 15 is 0 Å². The van der Waals surface area contributed by atoms with Crippen molar-refractivity contribution in [3.8, 4) is 5.75 Å². The number of ether oxygens (including phenoxy) is 1. The van der Waals surface area contributed by atoms with Crippen LogP contribution in [-0.4, -0.2) is 22.0 Å². The lowest BCUT2D eigenvalue weighted by Crippen LogP contribution is -2.44. The first kappa shape index (κ1) is 28.3. The van der Waals surface area contributed by atoms with Gasteiger partial charge in [0, 0.05) is 18.0 Å². The van der Waals surface area contributed by atoms with Gasteiger partial charge >= 0.3 is 5.69 Å². The average molecular weight is 564 g/mol. The maximum atomic E-state index is 13.9. The summed E-state index contributed by atoms with van der Waals surface area (Å²) in [5, 5.41) is 0. The predicted molar refractivity (Wildman–Crippen MR) is 161 cm³/mol. The zero-order valence-electron chi connectivity index (χ0n) is 23.8. The van der Waals surface area contributed by atoms with E-state index in [0.29, 0.717) is 17.0 Å². The highest BCUT2D eigenvalue weighted by molar-refractivity contribution is 6.09. The molecular weight excluding hydrogens is 533 g/mol. The number of benzene rings is 3. The fourth-order valence-corrected chi connectivity index (χ4v) is 4.85. The van der Waals surface area contributed by atoms with Crippen LogP contribution >= 0.6 is 0 Å². The highest BCUT2D eigenvalue weighted by Gasteiger charge is 2.24. The fourth-order valence-electron chi connectivity index (χ4n) is 4.85. The van der Waals surface area contributed by atoms with Crippen molar-refractivity contribution in [1.82, 2.24) is 9.13 Å². The van der Waals surface area contributed by atoms with Gasteiger partial charge in [-0.25, -0.2) is 9.18 Å². The summed E-state index contributed by atoms with van der Waals surface area (Å²) in [4.78, 5) is 43.2. The van der Waals surface area contributed by atoms with Gasteiger partial charge in [0.25, 0.3) is 5.56 Å². The van der Waals surface area contributed by atoms with Crippen molar-refractivity contribution in [3.05, 3.63) is 157 Å². The molecule has 1 unspecified atom stereocenters. The number of hydrogen-bond acceptors (Lipinski definition) is 5. The summed E-state index contributed by atoms with van der Waals surface area (Å²) in [5.41, 5.74) is 6.09. The second-order valence-electron chi connectivity index (χ2n) is 10.2. The van der Waals surface area contributed by atoms with E-state index in [1.807, 2.05) is 55.3 Å². The molecule has 212 valence electrons. The number of halogens is 1. The van der Waals surface area contributed by atoms with Gasteiger partial charge in [-0.3, -0.25) is 18.7 Å². The van der Waals surface area contributed by atoms with E-state index in [0.717, 1.165) is 21.3 Å². The van der Waals surface area contributed by atoms with Gasteiger partial charge in [-0.05, 0) is 73.4 Å². The monoisotopic (exact) mass is 563 g/mol. The Kier molecular flexibility index (Phi) is 7.91. The van der Waals surface area contributed by atoms with Crippen LogP contribution in [0.1, 0.15) is 53.9 Å². The van der Waals surface area contributed by atoms with Crippen molar-refractivity contribution in [2.45, 2.75) is 33.4 Å². The number of carbonyl (C=O) groups is 1. The minimum Gasteiger partial charge on any atom is -0.495 e. The summed E-state index contributed by atoms with van der Waals surface area (Å²) in [6, 6.07) is 19.1. The third kappa shape index (κ3) is 5.53. The molecule has 0 bridgehead atoms. The standard InChI is InChI=1S/C34H30FN3O4/c1-22-16-17-36(19-23(22)2)30-15-12-27(18-31(30)42-4)32(39)29-21-37(20-25-8-6-5-7-9-25)34(41)38(33(29)40)24(3)26-10-13-28(35)14-11-26/h5-15,17-19,21,24H,20H2,1-4H3. The molecule has 1 aliphatic rings. The summed E-state index contributed by atoms with van der Waals surface area (Å²) in [6.45, 7) is 5.78. The number of hydrogen-bond donors (Lipinski definition) is 0. The molecule has 0 N–H and O–H groups in total. The second-order valence-corrected chi connectivity index (χ2v) is 10.2. The largest absolute Gasteiger partial charge is 0.495 e. The van der Waals surface area contributed by atoms with Crippen LogP contribution in [0.2, 0.25) is 0 Å². The minimum absolute atomic E-state index is 0.151. The molecular formula is C34H30FN3O4. The van der Waals surface area contributed by atoms with Crippen LogP contribution in [0.5, 0.6) is 5.75 Å². The van der Waals surface area contributed by atoms with Gasteiger partial charge in [-0.1, -0.05) is 48.2 Å². The van der Waals surface area contributed by atoms with Gasteiger partial charge in [0.15, 0.2) is 5.78 Å². The first-order chi connectivity index (χ1) is 20.2. The topological polar surface area (TPSA) is 73.5 Å². The van der Waals surface area contributed by atoms with Crippen LogP contribution in [-0.2, 0) is 6.54 Å². The van der Waals surface area contributed by atoms with E-state index in [1.165, 1.54) is 42.1 Å². The maximum Gasteiger partial charge on any atom is 0.331 e. The molecule has 0 saturated carbocycles. The Bertz CT molecular complexity index is 1880. The van der Waals surface area contributed by atoms with Crippen molar-refractivity contribution in [2.24, 2.45) is 0 Å². The lowest BCUT2D eigenvalue weighted by atomic mass is 10.0. The van der Waals surface area contributed by atoms with Crippen LogP contribution in [0, 0.1) is 5.82 Å². The Hall–Kier alpha value is -5.20. The van der Waals surface area contributed by atoms with Gasteiger partial charge in [0.2, 0.25) is 0 Å². The zero-order chi connectivity index (χ0) is 30.0. The van der Waals surface area contributed by atoms with E-state index < -0.39 is 28.9 Å². The van der Waals surface area contributed by atoms with Gasteiger partial charge in [0.05, 0.1) is 31.6 Å². The first-order valence-corrected chi connectivity index (χ1v) is 13.5. The molecule has 0 aliphatic carbocycles. The smallest absolute Gasteiger partial charge is 0.331 e. The molecule has 2 heterocycles. The number of carbonyl (C=O) groups excluding carboxylic acids is 1. The molecule has 3 aromatic carbocycles. The molecule has 1 aromatic heterocycles. The SMILES string of the molecule is COc1cc(C(=O)c2cn(Cc3ccccc3)c(=O)n(C(C)c3ccc(F)cc3)c2=O)ccc1N1C=C=C(C)C(C)=C1. The number of ketones is 1. The Morgan fingerprint density at radius 1 is 1.00 bits per heavy atom. The molecule has 0 radical (unpaired) electrons. The molecule has 1 atom stereocenters. The number of aromatic nitrogens is 2. The maximum absolute atomic E-state index is 13.9. The molecule has 7 nitrogen and oxygen atoms in total. The van der Waals surface area contributed by atoms with E-state index in [4.69, 9.17) is 4.74 Å². The first-order valence-electron chi connectivity index (χ1n) is 13.5. The van der Waals surface area contributed by atoms with Gasteiger partial charge in [0.1, 0.15) is 17.1 Å². The van der Waals surface area contributed by atoms with Crippen molar-refractivity contribution in [2.75, 3.05) is 12.0 Å². The highest BCUT2D eigenvalue weighted by Crippen LogP contribution is 2.32. The lowest BCUT2D eigenvalue weighted by Gasteiger charge is -2.22. The third-order valence-electron chi connectivity index (χ3n) is 7.43. The summed E-state index contributed by atoms with van der Waals surface area (Å²) in [6.07, 6.45) is 5.05. The van der Waals surface area contributed by atoms with Crippen LogP contribution < -0.4 is 20.9 Å². The molecule has 0 spiro atoms. The molecule has 42 heavy (non-hydrogen) atoms. The van der Waals surface area contributed by atoms with Gasteiger partial charge < -0.3 is 9.64 Å². The second kappa shape index (κ2) is 11.7. The van der Waals surface area contributed by atoms with Crippen LogP contribution in [0.4, 0.5) is 10.1 Å². The minimum atomic E-state index is -0.755. The van der Waals surface area contributed by atoms with E-state index in [2.05, 4.69) is 5.73 Å². The van der Waals surface area contributed by atoms with Crippen LogP contribution in [0.3, 0.4) is 0 Å². The number of anilines is 1. The Labute approximate surface area is 242 Å². The number of methoxy groups -OCH3 is 1. The fraction of sp³-hybridized carbons (Fsp3) is 0.176. The number of rotatable bonds is 8. The van der Waals surface area contributed by atoms with Gasteiger partial charge in [-0.2, -0.15) is 0 Å². The Balaban J connectivity index is 1.62. The molecule has 0 amide bonds. The molecule has 1 aliphatic heterocycles. The third-order valence-corrected chi connectivity index (χ3v) is 7.43. The predicted octanol–water partition coefficient (Wildman–Crippen LogP) is 5.83. The van der Waals surface area contributed by atoms with Crippen molar-refractivity contribution in [3.63, 3.8) is 0 Å². The van der Waals surface area contributed by atoms with E-state index in [1.54, 1.807) is 31.3 Å². The van der Waals surface area contributed by atoms with E-state index in [9.17, 15) is 18.8 Å². The summed E-state index contributed by atoms with van der Waals surface area (Å²) in [7, 11) is 1.51. The van der Waals surface area contributed by atoms with Crippen LogP contribution in [0.25, 0.3) is 0 Å². The average Bonchev–Trinajstić information content (AvgIpc) is 3.00. The van der Waals surface area contributed by atoms with Crippen molar-refractivity contribution in [1.29, 1.82) is 0 Å². The van der Waals surface area contributed by atoms with Crippen molar-refractivity contribution < 1.29 is 13.9 Å². The molecule has 0 saturated heterocycles. The molecule has 8 heteroatoms.